The first kappa shape index (κ1) is 17.1. The molecule has 2 aromatic rings. The largest absolute Gasteiger partial charge is 0.486 e. The zero-order valence-electron chi connectivity index (χ0n) is 14.8. The molecule has 3 N–H and O–H groups in total. The summed E-state index contributed by atoms with van der Waals surface area (Å²) in [6, 6.07) is 11.1. The zero-order chi connectivity index (χ0) is 18.0. The minimum absolute atomic E-state index is 0.126. The van der Waals surface area contributed by atoms with Crippen LogP contribution in [-0.2, 0) is 0 Å². The van der Waals surface area contributed by atoms with Crippen LogP contribution in [0.1, 0.15) is 41.4 Å². The van der Waals surface area contributed by atoms with Crippen LogP contribution in [0.25, 0.3) is 0 Å². The molecular weight excluding hydrogens is 316 g/mol. The number of carbonyl (C=O) groups excluding carboxylic acids is 1. The SMILES string of the molecule is Cc1ccc(N)cc1C(=O)NC(c1ccc2c(c1)OCCO2)C(C)C. The molecule has 1 amide bonds. The lowest BCUT2D eigenvalue weighted by Gasteiger charge is -2.26. The molecule has 5 heteroatoms. The molecule has 1 heterocycles. The van der Waals surface area contributed by atoms with Gasteiger partial charge in [-0.05, 0) is 48.2 Å². The van der Waals surface area contributed by atoms with Crippen molar-refractivity contribution in [2.75, 3.05) is 18.9 Å². The van der Waals surface area contributed by atoms with E-state index in [1.165, 1.54) is 0 Å². The molecule has 0 saturated heterocycles. The Morgan fingerprint density at radius 3 is 2.52 bits per heavy atom. The van der Waals surface area contributed by atoms with Gasteiger partial charge in [-0.15, -0.1) is 0 Å². The molecule has 0 bridgehead atoms. The molecular formula is C20H24N2O3. The van der Waals surface area contributed by atoms with Gasteiger partial charge in [-0.1, -0.05) is 26.0 Å². The highest BCUT2D eigenvalue weighted by atomic mass is 16.6. The van der Waals surface area contributed by atoms with Crippen LogP contribution < -0.4 is 20.5 Å². The standard InChI is InChI=1S/C20H24N2O3/c1-12(2)19(14-5-7-17-18(10-14)25-9-8-24-17)22-20(23)16-11-15(21)6-4-13(16)3/h4-7,10-12,19H,8-9,21H2,1-3H3,(H,22,23). The van der Waals surface area contributed by atoms with Crippen molar-refractivity contribution >= 4 is 11.6 Å². The van der Waals surface area contributed by atoms with Gasteiger partial charge >= 0.3 is 0 Å². The van der Waals surface area contributed by atoms with Crippen molar-refractivity contribution in [3.05, 3.63) is 53.1 Å². The Hall–Kier alpha value is -2.69. The number of carbonyl (C=O) groups is 1. The van der Waals surface area contributed by atoms with Crippen molar-refractivity contribution in [1.82, 2.24) is 5.32 Å². The molecule has 0 saturated carbocycles. The van der Waals surface area contributed by atoms with Crippen LogP contribution in [0.2, 0.25) is 0 Å². The van der Waals surface area contributed by atoms with E-state index in [0.717, 1.165) is 22.6 Å². The van der Waals surface area contributed by atoms with Crippen molar-refractivity contribution in [2.45, 2.75) is 26.8 Å². The van der Waals surface area contributed by atoms with Gasteiger partial charge in [-0.3, -0.25) is 4.79 Å². The molecule has 2 aromatic carbocycles. The predicted octanol–water partition coefficient (Wildman–Crippen LogP) is 3.48. The number of nitrogens with one attached hydrogen (secondary N) is 1. The monoisotopic (exact) mass is 340 g/mol. The summed E-state index contributed by atoms with van der Waals surface area (Å²) in [5, 5.41) is 3.13. The van der Waals surface area contributed by atoms with Gasteiger partial charge in [0.15, 0.2) is 11.5 Å². The maximum atomic E-state index is 12.8. The first-order valence-corrected chi connectivity index (χ1v) is 8.52. The Kier molecular flexibility index (Phi) is 4.83. The lowest BCUT2D eigenvalue weighted by molar-refractivity contribution is 0.0924. The number of rotatable bonds is 4. The van der Waals surface area contributed by atoms with E-state index >= 15 is 0 Å². The molecule has 0 aliphatic carbocycles. The second-order valence-electron chi connectivity index (χ2n) is 6.67. The number of nitrogen functional groups attached to an aromatic ring is 1. The number of aryl methyl sites for hydroxylation is 1. The molecule has 0 fully saturated rings. The number of fused-ring (bicyclic) bond motifs is 1. The lowest BCUT2D eigenvalue weighted by atomic mass is 9.94. The highest BCUT2D eigenvalue weighted by Gasteiger charge is 2.22. The molecule has 0 aromatic heterocycles. The van der Waals surface area contributed by atoms with E-state index in [0.29, 0.717) is 24.5 Å². The summed E-state index contributed by atoms with van der Waals surface area (Å²) < 4.78 is 11.2. The summed E-state index contributed by atoms with van der Waals surface area (Å²) in [6.45, 7) is 7.16. The first-order valence-electron chi connectivity index (χ1n) is 8.52. The molecule has 5 nitrogen and oxygen atoms in total. The quantitative estimate of drug-likeness (QED) is 0.836. The highest BCUT2D eigenvalue weighted by Crippen LogP contribution is 2.34. The van der Waals surface area contributed by atoms with Gasteiger partial charge in [0, 0.05) is 11.3 Å². The van der Waals surface area contributed by atoms with Crippen LogP contribution in [0.4, 0.5) is 5.69 Å². The van der Waals surface area contributed by atoms with E-state index in [4.69, 9.17) is 15.2 Å². The summed E-state index contributed by atoms with van der Waals surface area (Å²) in [7, 11) is 0. The van der Waals surface area contributed by atoms with Gasteiger partial charge in [0.2, 0.25) is 0 Å². The van der Waals surface area contributed by atoms with Crippen LogP contribution in [0.15, 0.2) is 36.4 Å². The molecule has 1 unspecified atom stereocenters. The Balaban J connectivity index is 1.86. The Bertz CT molecular complexity index is 787. The second kappa shape index (κ2) is 7.05. The second-order valence-corrected chi connectivity index (χ2v) is 6.67. The van der Waals surface area contributed by atoms with Crippen molar-refractivity contribution in [3.63, 3.8) is 0 Å². The molecule has 0 radical (unpaired) electrons. The number of benzene rings is 2. The number of amides is 1. The van der Waals surface area contributed by atoms with Gasteiger partial charge in [0.05, 0.1) is 6.04 Å². The molecule has 25 heavy (non-hydrogen) atoms. The van der Waals surface area contributed by atoms with E-state index < -0.39 is 0 Å². The zero-order valence-corrected chi connectivity index (χ0v) is 14.8. The van der Waals surface area contributed by atoms with Crippen LogP contribution in [0.5, 0.6) is 11.5 Å². The van der Waals surface area contributed by atoms with E-state index in [2.05, 4.69) is 19.2 Å². The van der Waals surface area contributed by atoms with E-state index in [1.54, 1.807) is 12.1 Å². The molecule has 132 valence electrons. The number of nitrogens with two attached hydrogens (primary N) is 1. The van der Waals surface area contributed by atoms with Gasteiger partial charge in [-0.2, -0.15) is 0 Å². The van der Waals surface area contributed by atoms with Crippen molar-refractivity contribution in [1.29, 1.82) is 0 Å². The molecule has 1 atom stereocenters. The topological polar surface area (TPSA) is 73.6 Å². The van der Waals surface area contributed by atoms with Gasteiger partial charge in [0.25, 0.3) is 5.91 Å². The molecule has 1 aliphatic rings. The average Bonchev–Trinajstić information content (AvgIpc) is 2.60. The fraction of sp³-hybridized carbons (Fsp3) is 0.350. The van der Waals surface area contributed by atoms with Crippen molar-refractivity contribution in [3.8, 4) is 11.5 Å². The first-order chi connectivity index (χ1) is 12.0. The third kappa shape index (κ3) is 3.71. The lowest BCUT2D eigenvalue weighted by Crippen LogP contribution is -2.32. The maximum absolute atomic E-state index is 12.8. The summed E-state index contributed by atoms with van der Waals surface area (Å²) in [4.78, 5) is 12.8. The molecule has 3 rings (SSSR count). The van der Waals surface area contributed by atoms with Crippen LogP contribution >= 0.6 is 0 Å². The van der Waals surface area contributed by atoms with Crippen LogP contribution in [-0.4, -0.2) is 19.1 Å². The minimum Gasteiger partial charge on any atom is -0.486 e. The number of hydrogen-bond acceptors (Lipinski definition) is 4. The Labute approximate surface area is 148 Å². The van der Waals surface area contributed by atoms with Crippen molar-refractivity contribution < 1.29 is 14.3 Å². The van der Waals surface area contributed by atoms with Gasteiger partial charge in [0.1, 0.15) is 13.2 Å². The Morgan fingerprint density at radius 1 is 1.08 bits per heavy atom. The normalized spacial score (nSPS) is 14.2. The fourth-order valence-electron chi connectivity index (χ4n) is 2.99. The number of hydrogen-bond donors (Lipinski definition) is 2. The third-order valence-electron chi connectivity index (χ3n) is 4.38. The van der Waals surface area contributed by atoms with Gasteiger partial charge < -0.3 is 20.5 Å². The average molecular weight is 340 g/mol. The highest BCUT2D eigenvalue weighted by molar-refractivity contribution is 5.96. The summed E-state index contributed by atoms with van der Waals surface area (Å²) in [5.41, 5.74) is 8.91. The summed E-state index contributed by atoms with van der Waals surface area (Å²) in [5.74, 6) is 1.56. The van der Waals surface area contributed by atoms with Crippen molar-refractivity contribution in [2.24, 2.45) is 5.92 Å². The third-order valence-corrected chi connectivity index (χ3v) is 4.38. The fourth-order valence-corrected chi connectivity index (χ4v) is 2.99. The number of anilines is 1. The van der Waals surface area contributed by atoms with E-state index in [9.17, 15) is 4.79 Å². The number of ether oxygens (including phenoxy) is 2. The summed E-state index contributed by atoms with van der Waals surface area (Å²) >= 11 is 0. The molecule has 0 spiro atoms. The Morgan fingerprint density at radius 2 is 1.80 bits per heavy atom. The minimum atomic E-state index is -0.135. The maximum Gasteiger partial charge on any atom is 0.252 e. The van der Waals surface area contributed by atoms with Crippen LogP contribution in [0.3, 0.4) is 0 Å². The smallest absolute Gasteiger partial charge is 0.252 e. The van der Waals surface area contributed by atoms with E-state index in [1.807, 2.05) is 31.2 Å². The van der Waals surface area contributed by atoms with Crippen LogP contribution in [0, 0.1) is 12.8 Å². The predicted molar refractivity (Wildman–Crippen MR) is 98.1 cm³/mol. The van der Waals surface area contributed by atoms with Gasteiger partial charge in [-0.25, -0.2) is 0 Å². The van der Waals surface area contributed by atoms with E-state index in [-0.39, 0.29) is 17.9 Å². The molecule has 1 aliphatic heterocycles. The summed E-state index contributed by atoms with van der Waals surface area (Å²) in [6.07, 6.45) is 0.